The minimum atomic E-state index is 0. The minimum Gasteiger partial charge on any atom is -0.318 e. The van der Waals surface area contributed by atoms with Crippen LogP contribution in [0.5, 0.6) is 0 Å². The first-order valence-electron chi connectivity index (χ1n) is 5.59. The van der Waals surface area contributed by atoms with E-state index in [2.05, 4.69) is 44.9 Å². The van der Waals surface area contributed by atoms with Gasteiger partial charge in [-0.15, -0.1) is 28.3 Å². The summed E-state index contributed by atoms with van der Waals surface area (Å²) in [6, 6.07) is 8.75. The Labute approximate surface area is 124 Å². The molecule has 5 heteroatoms. The predicted octanol–water partition coefficient (Wildman–Crippen LogP) is 4.20. The van der Waals surface area contributed by atoms with Gasteiger partial charge in [0.1, 0.15) is 0 Å². The van der Waals surface area contributed by atoms with E-state index < -0.39 is 0 Å². The van der Waals surface area contributed by atoms with Crippen LogP contribution in [0.2, 0.25) is 0 Å². The van der Waals surface area contributed by atoms with Gasteiger partial charge in [0.25, 0.3) is 0 Å². The number of aliphatic imine (C=N–C) groups is 1. The number of nitrogens with zero attached hydrogens (tertiary/aromatic N) is 2. The second-order valence-electron chi connectivity index (χ2n) is 4.07. The number of hydrogen-bond donors (Lipinski definition) is 0. The van der Waals surface area contributed by atoms with Crippen LogP contribution in [0.4, 0.5) is 0 Å². The number of benzene rings is 1. The molecule has 0 radical (unpaired) electrons. The molecule has 0 amide bonds. The Hall–Kier alpha value is -0.780. The van der Waals surface area contributed by atoms with E-state index in [9.17, 15) is 0 Å². The normalized spacial score (nSPS) is 17.4. The van der Waals surface area contributed by atoms with E-state index in [1.807, 2.05) is 0 Å². The van der Waals surface area contributed by atoms with E-state index >= 15 is 0 Å². The van der Waals surface area contributed by atoms with Crippen molar-refractivity contribution in [3.63, 3.8) is 0 Å². The van der Waals surface area contributed by atoms with E-state index in [0.29, 0.717) is 0 Å². The molecule has 0 saturated carbocycles. The van der Waals surface area contributed by atoms with Crippen LogP contribution in [0.15, 0.2) is 40.0 Å². The molecule has 3 heterocycles. The zero-order chi connectivity index (χ0) is 11.2. The van der Waals surface area contributed by atoms with Crippen LogP contribution in [0.1, 0.15) is 5.56 Å². The maximum Gasteiger partial charge on any atom is 0.168 e. The predicted molar refractivity (Wildman–Crippen MR) is 86.7 cm³/mol. The highest BCUT2D eigenvalue weighted by Crippen LogP contribution is 2.38. The number of amidine groups is 1. The Morgan fingerprint density at radius 2 is 2.17 bits per heavy atom. The van der Waals surface area contributed by atoms with Gasteiger partial charge in [0.15, 0.2) is 5.17 Å². The lowest BCUT2D eigenvalue weighted by atomic mass is 10.1. The molecule has 0 aliphatic carbocycles. The van der Waals surface area contributed by atoms with Crippen molar-refractivity contribution in [3.05, 3.63) is 40.6 Å². The third-order valence-electron chi connectivity index (χ3n) is 3.14. The molecule has 1 aromatic heterocycles. The average Bonchev–Trinajstić information content (AvgIpc) is 3.04. The van der Waals surface area contributed by atoms with Crippen molar-refractivity contribution in [3.8, 4) is 0 Å². The Balaban J connectivity index is 0.000001000. The number of hydrogen-bond acceptors (Lipinski definition) is 4. The van der Waals surface area contributed by atoms with Crippen molar-refractivity contribution in [2.24, 2.45) is 4.99 Å². The Kier molecular flexibility index (Phi) is 3.21. The lowest BCUT2D eigenvalue weighted by Crippen LogP contribution is -2.19. The molecule has 0 spiro atoms. The molecular formula is C13H11BrN2S2. The van der Waals surface area contributed by atoms with Gasteiger partial charge in [-0.1, -0.05) is 23.9 Å². The average molecular weight is 339 g/mol. The lowest BCUT2D eigenvalue weighted by molar-refractivity contribution is 0.650. The fourth-order valence-electron chi connectivity index (χ4n) is 2.35. The van der Waals surface area contributed by atoms with E-state index in [4.69, 9.17) is 0 Å². The van der Waals surface area contributed by atoms with Crippen molar-refractivity contribution < 1.29 is 0 Å². The molecule has 0 unspecified atom stereocenters. The van der Waals surface area contributed by atoms with Crippen molar-refractivity contribution >= 4 is 61.0 Å². The highest BCUT2D eigenvalue weighted by Gasteiger charge is 2.27. The van der Waals surface area contributed by atoms with Gasteiger partial charge in [-0.05, 0) is 17.5 Å². The van der Waals surface area contributed by atoms with E-state index in [1.54, 1.807) is 23.1 Å². The smallest absolute Gasteiger partial charge is 0.168 e. The first-order chi connectivity index (χ1) is 8.43. The number of halogens is 1. The highest BCUT2D eigenvalue weighted by atomic mass is 79.9. The summed E-state index contributed by atoms with van der Waals surface area (Å²) in [5.41, 5.74) is 2.65. The summed E-state index contributed by atoms with van der Waals surface area (Å²) in [6.07, 6.45) is 0. The van der Waals surface area contributed by atoms with E-state index in [1.165, 1.54) is 21.3 Å². The van der Waals surface area contributed by atoms with Gasteiger partial charge in [-0.25, -0.2) is 0 Å². The molecule has 4 rings (SSSR count). The largest absolute Gasteiger partial charge is 0.318 e. The molecule has 0 bridgehead atoms. The Morgan fingerprint density at radius 3 is 3.11 bits per heavy atom. The fraction of sp³-hybridized carbons (Fsp3) is 0.154. The first kappa shape index (κ1) is 12.3. The monoisotopic (exact) mass is 338 g/mol. The lowest BCUT2D eigenvalue weighted by Gasteiger charge is -2.17. The van der Waals surface area contributed by atoms with Gasteiger partial charge in [0, 0.05) is 27.6 Å². The third kappa shape index (κ3) is 1.73. The van der Waals surface area contributed by atoms with Gasteiger partial charge < -0.3 is 4.90 Å². The second kappa shape index (κ2) is 4.72. The molecule has 2 aliphatic rings. The summed E-state index contributed by atoms with van der Waals surface area (Å²) in [5, 5.41) is 6.91. The molecule has 0 atom stereocenters. The summed E-state index contributed by atoms with van der Waals surface area (Å²) < 4.78 is 1.36. The fourth-order valence-corrected chi connectivity index (χ4v) is 4.12. The molecule has 2 aliphatic heterocycles. The standard InChI is InChI=1S/C13H10N2S2.BrH/c1-2-9(10-4-7-16-12(10)3-1)11-8-17-13-14-5-6-15(11)13;/h1-4,7-8H,5-6H2;1H. The van der Waals surface area contributed by atoms with Crippen LogP contribution in [-0.4, -0.2) is 23.2 Å². The number of fused-ring (bicyclic) bond motifs is 2. The van der Waals surface area contributed by atoms with Crippen LogP contribution in [0.3, 0.4) is 0 Å². The van der Waals surface area contributed by atoms with Gasteiger partial charge in [0.2, 0.25) is 0 Å². The topological polar surface area (TPSA) is 15.6 Å². The quantitative estimate of drug-likeness (QED) is 0.774. The molecule has 2 aromatic rings. The van der Waals surface area contributed by atoms with Gasteiger partial charge >= 0.3 is 0 Å². The van der Waals surface area contributed by atoms with Crippen molar-refractivity contribution in [2.45, 2.75) is 0 Å². The van der Waals surface area contributed by atoms with Crippen LogP contribution in [-0.2, 0) is 0 Å². The molecule has 1 aromatic carbocycles. The van der Waals surface area contributed by atoms with Crippen LogP contribution < -0.4 is 0 Å². The maximum absolute atomic E-state index is 4.50. The van der Waals surface area contributed by atoms with E-state index in [-0.39, 0.29) is 17.0 Å². The van der Waals surface area contributed by atoms with Crippen molar-refractivity contribution in [2.75, 3.05) is 13.1 Å². The van der Waals surface area contributed by atoms with Crippen LogP contribution in [0, 0.1) is 0 Å². The zero-order valence-electron chi connectivity index (χ0n) is 9.50. The van der Waals surface area contributed by atoms with Crippen molar-refractivity contribution in [1.82, 2.24) is 4.90 Å². The maximum atomic E-state index is 4.50. The Morgan fingerprint density at radius 1 is 1.22 bits per heavy atom. The molecule has 2 nitrogen and oxygen atoms in total. The van der Waals surface area contributed by atoms with Gasteiger partial charge in [-0.3, -0.25) is 4.99 Å². The summed E-state index contributed by atoms with van der Waals surface area (Å²) in [4.78, 5) is 6.83. The van der Waals surface area contributed by atoms with Crippen LogP contribution >= 0.6 is 40.1 Å². The second-order valence-corrected chi connectivity index (χ2v) is 5.86. The molecule has 0 fully saturated rings. The molecule has 0 N–H and O–H groups in total. The molecule has 18 heavy (non-hydrogen) atoms. The summed E-state index contributed by atoms with van der Waals surface area (Å²) >= 11 is 3.55. The number of thioether (sulfide) groups is 1. The zero-order valence-corrected chi connectivity index (χ0v) is 12.8. The number of rotatable bonds is 1. The first-order valence-corrected chi connectivity index (χ1v) is 7.35. The minimum absolute atomic E-state index is 0. The summed E-state index contributed by atoms with van der Waals surface area (Å²) in [5.74, 6) is 0. The summed E-state index contributed by atoms with van der Waals surface area (Å²) in [7, 11) is 0. The van der Waals surface area contributed by atoms with Gasteiger partial charge in [0.05, 0.1) is 12.2 Å². The Bertz CT molecular complexity index is 660. The molecule has 92 valence electrons. The van der Waals surface area contributed by atoms with Crippen LogP contribution in [0.25, 0.3) is 15.8 Å². The van der Waals surface area contributed by atoms with Gasteiger partial charge in [-0.2, -0.15) is 0 Å². The third-order valence-corrected chi connectivity index (χ3v) is 4.92. The number of thiophene rings is 1. The van der Waals surface area contributed by atoms with E-state index in [0.717, 1.165) is 18.3 Å². The highest BCUT2D eigenvalue weighted by molar-refractivity contribution is 8.93. The molecular weight excluding hydrogens is 328 g/mol. The molecule has 0 saturated heterocycles. The van der Waals surface area contributed by atoms with Crippen molar-refractivity contribution in [1.29, 1.82) is 0 Å². The SMILES string of the molecule is Br.C1=C(c2cccc3sccc23)N2CCN=C2S1. The summed E-state index contributed by atoms with van der Waals surface area (Å²) in [6.45, 7) is 1.95.